The maximum atomic E-state index is 8.80. The van der Waals surface area contributed by atoms with Crippen LogP contribution in [-0.2, 0) is 13.0 Å². The predicted octanol–water partition coefficient (Wildman–Crippen LogP) is 2.21. The molecule has 0 aliphatic rings. The van der Waals surface area contributed by atoms with E-state index in [9.17, 15) is 0 Å². The molecule has 0 saturated heterocycles. The molecule has 1 unspecified atom stereocenters. The Kier molecular flexibility index (Phi) is 5.24. The number of ether oxygens (including phenoxy) is 1. The first kappa shape index (κ1) is 14.9. The summed E-state index contributed by atoms with van der Waals surface area (Å²) in [5.41, 5.74) is 8.16. The van der Waals surface area contributed by atoms with Gasteiger partial charge in [-0.3, -0.25) is 4.98 Å². The van der Waals surface area contributed by atoms with E-state index in [0.29, 0.717) is 18.1 Å². The third-order valence-electron chi connectivity index (χ3n) is 3.14. The molecule has 21 heavy (non-hydrogen) atoms. The van der Waals surface area contributed by atoms with Gasteiger partial charge in [-0.25, -0.2) is 4.98 Å². The second kappa shape index (κ2) is 7.36. The maximum Gasteiger partial charge on any atom is 0.140 e. The third kappa shape index (κ3) is 4.55. The van der Waals surface area contributed by atoms with Gasteiger partial charge in [0.2, 0.25) is 0 Å². The molecule has 5 heteroatoms. The van der Waals surface area contributed by atoms with Crippen molar-refractivity contribution >= 4 is 0 Å². The van der Waals surface area contributed by atoms with Gasteiger partial charge >= 0.3 is 0 Å². The fraction of sp³-hybridized carbons (Fsp3) is 0.312. The Hall–Kier alpha value is -2.45. The van der Waals surface area contributed by atoms with E-state index in [2.05, 4.69) is 16.9 Å². The Morgan fingerprint density at radius 3 is 2.86 bits per heavy atom. The Labute approximate surface area is 124 Å². The van der Waals surface area contributed by atoms with Crippen molar-refractivity contribution in [3.05, 3.63) is 53.6 Å². The molecule has 0 amide bonds. The minimum Gasteiger partial charge on any atom is -0.487 e. The standard InChI is InChI=1S/C16H18N4O/c1-2-13(18)8-14-3-4-16(10-20-14)21-11-12-5-6-19-15(7-12)9-17/h3-7,10,13H,2,8,11,18H2,1H3. The van der Waals surface area contributed by atoms with Gasteiger partial charge in [0.15, 0.2) is 0 Å². The van der Waals surface area contributed by atoms with Gasteiger partial charge < -0.3 is 10.5 Å². The minimum atomic E-state index is 0.144. The van der Waals surface area contributed by atoms with Crippen LogP contribution in [0.3, 0.4) is 0 Å². The first-order valence-corrected chi connectivity index (χ1v) is 6.89. The van der Waals surface area contributed by atoms with Crippen LogP contribution in [-0.4, -0.2) is 16.0 Å². The molecule has 108 valence electrons. The lowest BCUT2D eigenvalue weighted by atomic mass is 10.1. The molecule has 0 spiro atoms. The molecule has 0 radical (unpaired) electrons. The van der Waals surface area contributed by atoms with E-state index in [0.717, 1.165) is 24.1 Å². The molecule has 2 aromatic rings. The SMILES string of the molecule is CCC(N)Cc1ccc(OCc2ccnc(C#N)c2)cn1. The average Bonchev–Trinajstić information content (AvgIpc) is 2.54. The summed E-state index contributed by atoms with van der Waals surface area (Å²) in [6, 6.07) is 9.50. The molecule has 2 heterocycles. The molecule has 0 bridgehead atoms. The molecule has 1 atom stereocenters. The fourth-order valence-electron chi connectivity index (χ4n) is 1.82. The molecule has 0 aromatic carbocycles. The van der Waals surface area contributed by atoms with Gasteiger partial charge in [0, 0.05) is 24.4 Å². The van der Waals surface area contributed by atoms with Crippen molar-refractivity contribution in [2.24, 2.45) is 5.73 Å². The van der Waals surface area contributed by atoms with E-state index in [1.54, 1.807) is 18.5 Å². The summed E-state index contributed by atoms with van der Waals surface area (Å²) < 4.78 is 5.65. The van der Waals surface area contributed by atoms with Gasteiger partial charge in [0.25, 0.3) is 0 Å². The van der Waals surface area contributed by atoms with Crippen molar-refractivity contribution in [1.82, 2.24) is 9.97 Å². The first-order chi connectivity index (χ1) is 10.2. The molecular formula is C16H18N4O. The van der Waals surface area contributed by atoms with E-state index in [1.807, 2.05) is 24.3 Å². The number of aromatic nitrogens is 2. The normalized spacial score (nSPS) is 11.7. The van der Waals surface area contributed by atoms with Crippen molar-refractivity contribution in [2.45, 2.75) is 32.4 Å². The lowest BCUT2D eigenvalue weighted by molar-refractivity contribution is 0.304. The van der Waals surface area contributed by atoms with Crippen LogP contribution in [0.5, 0.6) is 5.75 Å². The highest BCUT2D eigenvalue weighted by molar-refractivity contribution is 5.26. The zero-order valence-corrected chi connectivity index (χ0v) is 12.0. The molecule has 2 N–H and O–H groups in total. The Morgan fingerprint density at radius 2 is 2.19 bits per heavy atom. The highest BCUT2D eigenvalue weighted by atomic mass is 16.5. The highest BCUT2D eigenvalue weighted by Gasteiger charge is 2.03. The minimum absolute atomic E-state index is 0.144. The Morgan fingerprint density at radius 1 is 1.33 bits per heavy atom. The van der Waals surface area contributed by atoms with E-state index in [4.69, 9.17) is 15.7 Å². The van der Waals surface area contributed by atoms with Crippen molar-refractivity contribution in [2.75, 3.05) is 0 Å². The topological polar surface area (TPSA) is 84.8 Å². The van der Waals surface area contributed by atoms with Crippen LogP contribution in [0, 0.1) is 11.3 Å². The quantitative estimate of drug-likeness (QED) is 0.878. The number of nitriles is 1. The van der Waals surface area contributed by atoms with E-state index in [1.165, 1.54) is 0 Å². The monoisotopic (exact) mass is 282 g/mol. The lowest BCUT2D eigenvalue weighted by Crippen LogP contribution is -2.21. The fourth-order valence-corrected chi connectivity index (χ4v) is 1.82. The van der Waals surface area contributed by atoms with E-state index in [-0.39, 0.29) is 6.04 Å². The molecule has 0 saturated carbocycles. The molecule has 0 aliphatic heterocycles. The van der Waals surface area contributed by atoms with Gasteiger partial charge in [-0.15, -0.1) is 0 Å². The number of nitrogens with two attached hydrogens (primary N) is 1. The van der Waals surface area contributed by atoms with Crippen molar-refractivity contribution in [1.29, 1.82) is 5.26 Å². The van der Waals surface area contributed by atoms with Crippen molar-refractivity contribution < 1.29 is 4.74 Å². The summed E-state index contributed by atoms with van der Waals surface area (Å²) in [7, 11) is 0. The number of rotatable bonds is 6. The van der Waals surface area contributed by atoms with Gasteiger partial charge in [-0.2, -0.15) is 5.26 Å². The van der Waals surface area contributed by atoms with Gasteiger partial charge in [-0.05, 0) is 36.2 Å². The van der Waals surface area contributed by atoms with Gasteiger partial charge in [0.05, 0.1) is 6.20 Å². The molecular weight excluding hydrogens is 264 g/mol. The van der Waals surface area contributed by atoms with Crippen LogP contribution in [0.4, 0.5) is 0 Å². The van der Waals surface area contributed by atoms with Crippen molar-refractivity contribution in [3.63, 3.8) is 0 Å². The summed E-state index contributed by atoms with van der Waals surface area (Å²) in [6.07, 6.45) is 5.00. The highest BCUT2D eigenvalue weighted by Crippen LogP contribution is 2.13. The van der Waals surface area contributed by atoms with E-state index < -0.39 is 0 Å². The summed E-state index contributed by atoms with van der Waals surface area (Å²) in [4.78, 5) is 8.26. The lowest BCUT2D eigenvalue weighted by Gasteiger charge is -2.09. The van der Waals surface area contributed by atoms with Gasteiger partial charge in [-0.1, -0.05) is 6.92 Å². The van der Waals surface area contributed by atoms with Crippen LogP contribution in [0.15, 0.2) is 36.7 Å². The number of pyridine rings is 2. The third-order valence-corrected chi connectivity index (χ3v) is 3.14. The van der Waals surface area contributed by atoms with Crippen molar-refractivity contribution in [3.8, 4) is 11.8 Å². The molecule has 2 rings (SSSR count). The molecule has 0 fully saturated rings. The van der Waals surface area contributed by atoms with Gasteiger partial charge in [0.1, 0.15) is 24.1 Å². The molecule has 5 nitrogen and oxygen atoms in total. The zero-order valence-electron chi connectivity index (χ0n) is 12.0. The summed E-state index contributed by atoms with van der Waals surface area (Å²) >= 11 is 0. The number of nitrogens with zero attached hydrogens (tertiary/aromatic N) is 3. The summed E-state index contributed by atoms with van der Waals surface area (Å²) in [6.45, 7) is 2.44. The Balaban J connectivity index is 1.93. The average molecular weight is 282 g/mol. The molecule has 0 aliphatic carbocycles. The van der Waals surface area contributed by atoms with Crippen LogP contribution in [0.1, 0.15) is 30.3 Å². The van der Waals surface area contributed by atoms with Crippen LogP contribution in [0.2, 0.25) is 0 Å². The number of hydrogen-bond donors (Lipinski definition) is 1. The summed E-state index contributed by atoms with van der Waals surface area (Å²) in [5, 5.41) is 8.80. The summed E-state index contributed by atoms with van der Waals surface area (Å²) in [5.74, 6) is 0.694. The predicted molar refractivity (Wildman–Crippen MR) is 79.5 cm³/mol. The maximum absolute atomic E-state index is 8.80. The molecule has 2 aromatic heterocycles. The smallest absolute Gasteiger partial charge is 0.140 e. The van der Waals surface area contributed by atoms with Crippen LogP contribution >= 0.6 is 0 Å². The zero-order chi connectivity index (χ0) is 15.1. The second-order valence-corrected chi connectivity index (χ2v) is 4.81. The van der Waals surface area contributed by atoms with E-state index >= 15 is 0 Å². The second-order valence-electron chi connectivity index (χ2n) is 4.81. The van der Waals surface area contributed by atoms with Crippen LogP contribution < -0.4 is 10.5 Å². The largest absolute Gasteiger partial charge is 0.487 e. The Bertz CT molecular complexity index is 619. The van der Waals surface area contributed by atoms with Crippen LogP contribution in [0.25, 0.3) is 0 Å². The number of hydrogen-bond acceptors (Lipinski definition) is 5. The first-order valence-electron chi connectivity index (χ1n) is 6.89.